The summed E-state index contributed by atoms with van der Waals surface area (Å²) in [6.07, 6.45) is 1.73. The quantitative estimate of drug-likeness (QED) is 0.837. The molecule has 3 rings (SSSR count). The minimum absolute atomic E-state index is 0.0399. The number of carbonyl (C=O) groups is 1. The molecule has 25 heavy (non-hydrogen) atoms. The average molecular weight is 368 g/mol. The number of rotatable bonds is 5. The lowest BCUT2D eigenvalue weighted by molar-refractivity contribution is 0.0166. The van der Waals surface area contributed by atoms with Crippen LogP contribution in [0.5, 0.6) is 0 Å². The SMILES string of the molecule is O=C(NCC(c1ccccc1Cl)N1CCOCC1)NC1CCOCC1. The number of nitrogens with one attached hydrogen (secondary N) is 2. The molecule has 138 valence electrons. The number of morpholine rings is 1. The Morgan fingerprint density at radius 2 is 1.84 bits per heavy atom. The maximum atomic E-state index is 12.3. The second-order valence-corrected chi connectivity index (χ2v) is 6.83. The molecule has 1 unspecified atom stereocenters. The summed E-state index contributed by atoms with van der Waals surface area (Å²) in [6, 6.07) is 7.93. The molecule has 1 aromatic carbocycles. The van der Waals surface area contributed by atoms with Gasteiger partial charge in [-0.3, -0.25) is 4.90 Å². The van der Waals surface area contributed by atoms with Gasteiger partial charge in [0.05, 0.1) is 19.3 Å². The van der Waals surface area contributed by atoms with E-state index >= 15 is 0 Å². The first-order valence-electron chi connectivity index (χ1n) is 8.92. The van der Waals surface area contributed by atoms with E-state index in [4.69, 9.17) is 21.1 Å². The summed E-state index contributed by atoms with van der Waals surface area (Å²) in [4.78, 5) is 14.6. The molecule has 0 saturated carbocycles. The van der Waals surface area contributed by atoms with E-state index in [0.29, 0.717) is 33.0 Å². The van der Waals surface area contributed by atoms with E-state index in [1.807, 2.05) is 24.3 Å². The Morgan fingerprint density at radius 3 is 2.56 bits per heavy atom. The maximum absolute atomic E-state index is 12.3. The number of benzene rings is 1. The fourth-order valence-corrected chi connectivity index (χ4v) is 3.60. The van der Waals surface area contributed by atoms with E-state index in [9.17, 15) is 4.79 Å². The number of hydrogen-bond donors (Lipinski definition) is 2. The molecule has 2 N–H and O–H groups in total. The van der Waals surface area contributed by atoms with Crippen molar-refractivity contribution in [3.63, 3.8) is 0 Å². The van der Waals surface area contributed by atoms with Crippen LogP contribution in [0.25, 0.3) is 0 Å². The Bertz CT molecular complexity index is 560. The molecule has 2 aliphatic rings. The van der Waals surface area contributed by atoms with Crippen molar-refractivity contribution >= 4 is 17.6 Å². The Morgan fingerprint density at radius 1 is 1.16 bits per heavy atom. The summed E-state index contributed by atoms with van der Waals surface area (Å²) in [5.41, 5.74) is 1.04. The highest BCUT2D eigenvalue weighted by atomic mass is 35.5. The predicted octanol–water partition coefficient (Wildman–Crippen LogP) is 2.19. The van der Waals surface area contributed by atoms with Crippen LogP contribution in [0.1, 0.15) is 24.4 Å². The molecule has 2 fully saturated rings. The zero-order valence-electron chi connectivity index (χ0n) is 14.4. The van der Waals surface area contributed by atoms with E-state index in [-0.39, 0.29) is 18.1 Å². The molecule has 2 amide bonds. The molecular weight excluding hydrogens is 342 g/mol. The third kappa shape index (κ3) is 5.31. The van der Waals surface area contributed by atoms with Crippen molar-refractivity contribution in [3.8, 4) is 0 Å². The smallest absolute Gasteiger partial charge is 0.315 e. The molecule has 2 saturated heterocycles. The van der Waals surface area contributed by atoms with Crippen molar-refractivity contribution < 1.29 is 14.3 Å². The highest BCUT2D eigenvalue weighted by Crippen LogP contribution is 2.27. The van der Waals surface area contributed by atoms with Crippen LogP contribution in [0, 0.1) is 0 Å². The summed E-state index contributed by atoms with van der Waals surface area (Å²) in [6.45, 7) is 5.00. The maximum Gasteiger partial charge on any atom is 0.315 e. The van der Waals surface area contributed by atoms with Gasteiger partial charge in [-0.05, 0) is 24.5 Å². The molecule has 1 aromatic rings. The van der Waals surface area contributed by atoms with Gasteiger partial charge in [0.2, 0.25) is 0 Å². The van der Waals surface area contributed by atoms with Gasteiger partial charge in [-0.25, -0.2) is 4.79 Å². The lowest BCUT2D eigenvalue weighted by Crippen LogP contribution is -2.48. The largest absolute Gasteiger partial charge is 0.381 e. The fraction of sp³-hybridized carbons (Fsp3) is 0.611. The monoisotopic (exact) mass is 367 g/mol. The van der Waals surface area contributed by atoms with Gasteiger partial charge in [0, 0.05) is 43.9 Å². The summed E-state index contributed by atoms with van der Waals surface area (Å²) in [7, 11) is 0. The molecule has 7 heteroatoms. The first-order chi connectivity index (χ1) is 12.2. The van der Waals surface area contributed by atoms with Crippen molar-refractivity contribution in [1.82, 2.24) is 15.5 Å². The molecule has 6 nitrogen and oxygen atoms in total. The number of halogens is 1. The fourth-order valence-electron chi connectivity index (χ4n) is 3.34. The Labute approximate surface area is 153 Å². The van der Waals surface area contributed by atoms with Gasteiger partial charge in [-0.1, -0.05) is 29.8 Å². The first kappa shape index (κ1) is 18.5. The summed E-state index contributed by atoms with van der Waals surface area (Å²) < 4.78 is 10.8. The van der Waals surface area contributed by atoms with Gasteiger partial charge in [-0.2, -0.15) is 0 Å². The molecule has 0 spiro atoms. The second-order valence-electron chi connectivity index (χ2n) is 6.43. The van der Waals surface area contributed by atoms with Crippen molar-refractivity contribution in [2.75, 3.05) is 46.1 Å². The highest BCUT2D eigenvalue weighted by molar-refractivity contribution is 6.31. The van der Waals surface area contributed by atoms with Crippen molar-refractivity contribution in [3.05, 3.63) is 34.9 Å². The highest BCUT2D eigenvalue weighted by Gasteiger charge is 2.25. The van der Waals surface area contributed by atoms with Crippen LogP contribution < -0.4 is 10.6 Å². The molecule has 0 aromatic heterocycles. The minimum atomic E-state index is -0.128. The van der Waals surface area contributed by atoms with E-state index in [0.717, 1.165) is 36.5 Å². The molecule has 0 radical (unpaired) electrons. The van der Waals surface area contributed by atoms with Gasteiger partial charge in [0.1, 0.15) is 0 Å². The van der Waals surface area contributed by atoms with Crippen LogP contribution in [0.3, 0.4) is 0 Å². The summed E-state index contributed by atoms with van der Waals surface area (Å²) in [5, 5.41) is 6.79. The minimum Gasteiger partial charge on any atom is -0.381 e. The van der Waals surface area contributed by atoms with Crippen molar-refractivity contribution in [1.29, 1.82) is 0 Å². The van der Waals surface area contributed by atoms with Gasteiger partial charge in [-0.15, -0.1) is 0 Å². The van der Waals surface area contributed by atoms with Crippen molar-refractivity contribution in [2.45, 2.75) is 24.9 Å². The van der Waals surface area contributed by atoms with Crippen LogP contribution in [0.2, 0.25) is 5.02 Å². The number of urea groups is 1. The standard InChI is InChI=1S/C18H26ClN3O3/c19-16-4-2-1-3-15(16)17(22-7-11-25-12-8-22)13-20-18(23)21-14-5-9-24-10-6-14/h1-4,14,17H,5-13H2,(H2,20,21,23). The lowest BCUT2D eigenvalue weighted by Gasteiger charge is -2.35. The number of ether oxygens (including phenoxy) is 2. The van der Waals surface area contributed by atoms with Gasteiger partial charge in [0.15, 0.2) is 0 Å². The number of nitrogens with zero attached hydrogens (tertiary/aromatic N) is 1. The zero-order chi connectivity index (χ0) is 17.5. The van der Waals surface area contributed by atoms with Gasteiger partial charge >= 0.3 is 6.03 Å². The van der Waals surface area contributed by atoms with E-state index in [1.54, 1.807) is 0 Å². The van der Waals surface area contributed by atoms with Gasteiger partial charge in [0.25, 0.3) is 0 Å². The normalized spacial score (nSPS) is 20.8. The molecular formula is C18H26ClN3O3. The zero-order valence-corrected chi connectivity index (χ0v) is 15.1. The van der Waals surface area contributed by atoms with Crippen LogP contribution in [-0.4, -0.2) is 63.0 Å². The van der Waals surface area contributed by atoms with E-state index in [2.05, 4.69) is 15.5 Å². The Balaban J connectivity index is 1.61. The van der Waals surface area contributed by atoms with Crippen LogP contribution in [0.4, 0.5) is 4.79 Å². The third-order valence-electron chi connectivity index (χ3n) is 4.76. The average Bonchev–Trinajstić information content (AvgIpc) is 2.65. The number of carbonyl (C=O) groups excluding carboxylic acids is 1. The number of amides is 2. The summed E-state index contributed by atoms with van der Waals surface area (Å²) in [5.74, 6) is 0. The molecule has 2 heterocycles. The molecule has 1 atom stereocenters. The topological polar surface area (TPSA) is 62.8 Å². The number of hydrogen-bond acceptors (Lipinski definition) is 4. The first-order valence-corrected chi connectivity index (χ1v) is 9.30. The predicted molar refractivity (Wildman–Crippen MR) is 97.0 cm³/mol. The van der Waals surface area contributed by atoms with E-state index in [1.165, 1.54) is 0 Å². The van der Waals surface area contributed by atoms with Crippen LogP contribution in [-0.2, 0) is 9.47 Å². The molecule has 0 bridgehead atoms. The van der Waals surface area contributed by atoms with Crippen molar-refractivity contribution in [2.24, 2.45) is 0 Å². The Hall–Kier alpha value is -1.34. The lowest BCUT2D eigenvalue weighted by atomic mass is 10.0. The second kappa shape index (κ2) is 9.38. The Kier molecular flexibility index (Phi) is 6.93. The van der Waals surface area contributed by atoms with Crippen LogP contribution >= 0.6 is 11.6 Å². The van der Waals surface area contributed by atoms with E-state index < -0.39 is 0 Å². The molecule has 0 aliphatic carbocycles. The third-order valence-corrected chi connectivity index (χ3v) is 5.11. The van der Waals surface area contributed by atoms with Crippen LogP contribution in [0.15, 0.2) is 24.3 Å². The summed E-state index contributed by atoms with van der Waals surface area (Å²) >= 11 is 6.41. The molecule has 2 aliphatic heterocycles. The van der Waals surface area contributed by atoms with Gasteiger partial charge < -0.3 is 20.1 Å².